The second-order valence-corrected chi connectivity index (χ2v) is 7.11. The molecule has 2 rings (SSSR count). The van der Waals surface area contributed by atoms with E-state index in [1.165, 1.54) is 0 Å². The molecule has 0 aliphatic heterocycles. The molecule has 1 saturated carbocycles. The number of aryl methyl sites for hydroxylation is 1. The average molecular weight is 284 g/mol. The van der Waals surface area contributed by atoms with Crippen molar-refractivity contribution in [2.24, 2.45) is 5.41 Å². The van der Waals surface area contributed by atoms with E-state index in [2.05, 4.69) is 9.71 Å². The van der Waals surface area contributed by atoms with Crippen molar-refractivity contribution in [2.45, 2.75) is 25.7 Å². The summed E-state index contributed by atoms with van der Waals surface area (Å²) in [7, 11) is -3.26. The topological polar surface area (TPSA) is 79.3 Å². The zero-order valence-corrected chi connectivity index (χ0v) is 11.7. The number of aromatic nitrogens is 1. The largest absolute Gasteiger partial charge is 0.396 e. The van der Waals surface area contributed by atoms with Crippen LogP contribution >= 0.6 is 0 Å². The maximum absolute atomic E-state index is 11.9. The quantitative estimate of drug-likeness (QED) is 0.737. The molecule has 106 valence electrons. The van der Waals surface area contributed by atoms with E-state index in [-0.39, 0.29) is 17.8 Å². The van der Waals surface area contributed by atoms with E-state index in [4.69, 9.17) is 5.11 Å². The molecule has 0 radical (unpaired) electrons. The number of aliphatic hydroxyl groups is 1. The van der Waals surface area contributed by atoms with Crippen molar-refractivity contribution in [1.29, 1.82) is 0 Å². The van der Waals surface area contributed by atoms with Gasteiger partial charge in [-0.05, 0) is 36.8 Å². The molecule has 0 atom stereocenters. The Bertz CT molecular complexity index is 498. The van der Waals surface area contributed by atoms with Crippen LogP contribution in [0.3, 0.4) is 0 Å². The van der Waals surface area contributed by atoms with Crippen LogP contribution in [-0.4, -0.2) is 37.4 Å². The molecule has 1 aromatic heterocycles. The first-order valence-electron chi connectivity index (χ1n) is 6.53. The standard InChI is InChI=1S/C13H20N2O3S/c16-9-7-13(5-6-13)11-15-19(17,18)10-4-12-3-1-2-8-14-12/h1-3,8,15-16H,4-7,9-11H2. The number of hydrogen-bond donors (Lipinski definition) is 2. The van der Waals surface area contributed by atoms with Crippen molar-refractivity contribution in [2.75, 3.05) is 18.9 Å². The van der Waals surface area contributed by atoms with Gasteiger partial charge in [-0.3, -0.25) is 4.98 Å². The van der Waals surface area contributed by atoms with Crippen molar-refractivity contribution in [3.8, 4) is 0 Å². The van der Waals surface area contributed by atoms with Gasteiger partial charge in [-0.15, -0.1) is 0 Å². The van der Waals surface area contributed by atoms with Gasteiger partial charge in [-0.25, -0.2) is 13.1 Å². The highest BCUT2D eigenvalue weighted by Gasteiger charge is 2.42. The third-order valence-electron chi connectivity index (χ3n) is 3.62. The molecule has 1 aromatic rings. The van der Waals surface area contributed by atoms with E-state index < -0.39 is 10.0 Å². The summed E-state index contributed by atoms with van der Waals surface area (Å²) in [6, 6.07) is 5.48. The highest BCUT2D eigenvalue weighted by atomic mass is 32.2. The van der Waals surface area contributed by atoms with Crippen molar-refractivity contribution in [3.63, 3.8) is 0 Å². The second-order valence-electron chi connectivity index (χ2n) is 5.18. The van der Waals surface area contributed by atoms with Crippen LogP contribution in [0.1, 0.15) is 25.0 Å². The minimum absolute atomic E-state index is 0.00676. The fourth-order valence-corrected chi connectivity index (χ4v) is 3.20. The Labute approximate surface area is 114 Å². The van der Waals surface area contributed by atoms with Gasteiger partial charge in [0.15, 0.2) is 0 Å². The maximum atomic E-state index is 11.9. The molecule has 1 aliphatic carbocycles. The molecule has 19 heavy (non-hydrogen) atoms. The summed E-state index contributed by atoms with van der Waals surface area (Å²) in [6.45, 7) is 0.563. The van der Waals surface area contributed by atoms with Gasteiger partial charge in [0.05, 0.1) is 5.75 Å². The normalized spacial score (nSPS) is 17.3. The van der Waals surface area contributed by atoms with E-state index in [1.807, 2.05) is 18.2 Å². The molecule has 1 aliphatic rings. The summed E-state index contributed by atoms with van der Waals surface area (Å²) >= 11 is 0. The summed E-state index contributed by atoms with van der Waals surface area (Å²) in [5.74, 6) is 0.0548. The molecule has 5 nitrogen and oxygen atoms in total. The molecular weight excluding hydrogens is 264 g/mol. The third kappa shape index (κ3) is 4.56. The fraction of sp³-hybridized carbons (Fsp3) is 0.615. The highest BCUT2D eigenvalue weighted by Crippen LogP contribution is 2.47. The molecular formula is C13H20N2O3S. The predicted octanol–water partition coefficient (Wildman–Crippen LogP) is 0.706. The van der Waals surface area contributed by atoms with Gasteiger partial charge in [-0.2, -0.15) is 0 Å². The predicted molar refractivity (Wildman–Crippen MR) is 73.1 cm³/mol. The van der Waals surface area contributed by atoms with Gasteiger partial charge in [0.2, 0.25) is 10.0 Å². The van der Waals surface area contributed by atoms with E-state index in [9.17, 15) is 8.42 Å². The molecule has 0 unspecified atom stereocenters. The van der Waals surface area contributed by atoms with E-state index in [0.29, 0.717) is 19.4 Å². The number of rotatable bonds is 8. The molecule has 6 heteroatoms. The number of nitrogens with one attached hydrogen (secondary N) is 1. The lowest BCUT2D eigenvalue weighted by atomic mass is 10.0. The average Bonchev–Trinajstić information content (AvgIpc) is 3.17. The van der Waals surface area contributed by atoms with Crippen LogP contribution in [-0.2, 0) is 16.4 Å². The Kier molecular flexibility index (Phi) is 4.54. The van der Waals surface area contributed by atoms with Crippen LogP contribution in [0, 0.1) is 5.41 Å². The third-order valence-corrected chi connectivity index (χ3v) is 4.95. The lowest BCUT2D eigenvalue weighted by molar-refractivity contribution is 0.249. The van der Waals surface area contributed by atoms with Gasteiger partial charge < -0.3 is 5.11 Å². The molecule has 2 N–H and O–H groups in total. The van der Waals surface area contributed by atoms with Crippen LogP contribution in [0.5, 0.6) is 0 Å². The maximum Gasteiger partial charge on any atom is 0.211 e. The summed E-state index contributed by atoms with van der Waals surface area (Å²) in [6.07, 6.45) is 4.75. The van der Waals surface area contributed by atoms with Gasteiger partial charge in [0, 0.05) is 31.5 Å². The Morgan fingerprint density at radius 2 is 2.16 bits per heavy atom. The van der Waals surface area contributed by atoms with Crippen LogP contribution in [0.25, 0.3) is 0 Å². The van der Waals surface area contributed by atoms with E-state index >= 15 is 0 Å². The van der Waals surface area contributed by atoms with Crippen LogP contribution in [0.2, 0.25) is 0 Å². The molecule has 1 heterocycles. The van der Waals surface area contributed by atoms with Crippen molar-refractivity contribution >= 4 is 10.0 Å². The first-order chi connectivity index (χ1) is 9.05. The molecule has 0 saturated heterocycles. The first kappa shape index (κ1) is 14.4. The van der Waals surface area contributed by atoms with E-state index in [0.717, 1.165) is 18.5 Å². The van der Waals surface area contributed by atoms with Crippen LogP contribution < -0.4 is 4.72 Å². The number of pyridine rings is 1. The van der Waals surface area contributed by atoms with Gasteiger partial charge in [0.1, 0.15) is 0 Å². The Morgan fingerprint density at radius 3 is 2.74 bits per heavy atom. The molecule has 0 aromatic carbocycles. The summed E-state index contributed by atoms with van der Waals surface area (Å²) in [4.78, 5) is 4.11. The smallest absolute Gasteiger partial charge is 0.211 e. The zero-order valence-electron chi connectivity index (χ0n) is 10.9. The molecule has 0 bridgehead atoms. The number of nitrogens with zero attached hydrogens (tertiary/aromatic N) is 1. The van der Waals surface area contributed by atoms with E-state index in [1.54, 1.807) is 6.20 Å². The highest BCUT2D eigenvalue weighted by molar-refractivity contribution is 7.89. The number of sulfonamides is 1. The Balaban J connectivity index is 1.79. The van der Waals surface area contributed by atoms with Crippen LogP contribution in [0.15, 0.2) is 24.4 Å². The fourth-order valence-electron chi connectivity index (χ4n) is 2.05. The SMILES string of the molecule is O=S(=O)(CCc1ccccn1)NCC1(CCO)CC1. The first-order valence-corrected chi connectivity index (χ1v) is 8.19. The number of aliphatic hydroxyl groups excluding tert-OH is 1. The molecule has 0 spiro atoms. The van der Waals surface area contributed by atoms with Gasteiger partial charge in [0.25, 0.3) is 0 Å². The van der Waals surface area contributed by atoms with Crippen molar-refractivity contribution < 1.29 is 13.5 Å². The minimum Gasteiger partial charge on any atom is -0.396 e. The minimum atomic E-state index is -3.26. The lowest BCUT2D eigenvalue weighted by Gasteiger charge is -2.14. The summed E-state index contributed by atoms with van der Waals surface area (Å²) in [5.41, 5.74) is 0.789. The Hall–Kier alpha value is -0.980. The Morgan fingerprint density at radius 1 is 1.37 bits per heavy atom. The number of hydrogen-bond acceptors (Lipinski definition) is 4. The zero-order chi connectivity index (χ0) is 13.8. The van der Waals surface area contributed by atoms with Crippen molar-refractivity contribution in [1.82, 2.24) is 9.71 Å². The van der Waals surface area contributed by atoms with Gasteiger partial charge in [-0.1, -0.05) is 6.07 Å². The lowest BCUT2D eigenvalue weighted by Crippen LogP contribution is -2.33. The summed E-state index contributed by atoms with van der Waals surface area (Å²) in [5, 5.41) is 8.94. The second kappa shape index (κ2) is 5.98. The monoisotopic (exact) mass is 284 g/mol. The summed E-state index contributed by atoms with van der Waals surface area (Å²) < 4.78 is 26.4. The molecule has 1 fully saturated rings. The van der Waals surface area contributed by atoms with Gasteiger partial charge >= 0.3 is 0 Å². The van der Waals surface area contributed by atoms with Crippen LogP contribution in [0.4, 0.5) is 0 Å². The molecule has 0 amide bonds. The van der Waals surface area contributed by atoms with Crippen molar-refractivity contribution in [3.05, 3.63) is 30.1 Å².